The van der Waals surface area contributed by atoms with Gasteiger partial charge in [0.2, 0.25) is 0 Å². The molecule has 0 unspecified atom stereocenters. The molecule has 1 fully saturated rings. The lowest BCUT2D eigenvalue weighted by Crippen LogP contribution is -2.24. The number of hydrogen-bond acceptors (Lipinski definition) is 1. The molecule has 1 heterocycles. The monoisotopic (exact) mass is 251 g/mol. The van der Waals surface area contributed by atoms with E-state index in [9.17, 15) is 22.0 Å². The van der Waals surface area contributed by atoms with E-state index in [2.05, 4.69) is 0 Å². The predicted octanol–water partition coefficient (Wildman–Crippen LogP) is 3.55. The Morgan fingerprint density at radius 2 is 1.65 bits per heavy atom. The van der Waals surface area contributed by atoms with E-state index in [0.717, 1.165) is 12.1 Å². The first kappa shape index (κ1) is 12.1. The van der Waals surface area contributed by atoms with Crippen LogP contribution in [0.3, 0.4) is 0 Å². The third kappa shape index (κ3) is 2.68. The lowest BCUT2D eigenvalue weighted by atomic mass is 10.2. The number of alkyl halides is 5. The smallest absolute Gasteiger partial charge is 0.365 e. The fourth-order valence-electron chi connectivity index (χ4n) is 1.82. The van der Waals surface area contributed by atoms with Crippen LogP contribution in [0.5, 0.6) is 0 Å². The van der Waals surface area contributed by atoms with Crippen LogP contribution in [0.4, 0.5) is 27.6 Å². The Morgan fingerprint density at radius 1 is 1.06 bits per heavy atom. The van der Waals surface area contributed by atoms with Gasteiger partial charge in [0.25, 0.3) is 5.92 Å². The number of halogens is 5. The molecule has 17 heavy (non-hydrogen) atoms. The maximum atomic E-state index is 12.9. The van der Waals surface area contributed by atoms with Crippen molar-refractivity contribution in [2.45, 2.75) is 18.5 Å². The first-order chi connectivity index (χ1) is 7.78. The number of benzene rings is 1. The molecule has 0 saturated carbocycles. The van der Waals surface area contributed by atoms with E-state index in [0.29, 0.717) is 5.69 Å². The normalized spacial score (nSPS) is 19.7. The molecule has 94 valence electrons. The van der Waals surface area contributed by atoms with Crippen molar-refractivity contribution < 1.29 is 22.0 Å². The highest BCUT2D eigenvalue weighted by atomic mass is 19.4. The van der Waals surface area contributed by atoms with E-state index < -0.39 is 24.2 Å². The summed E-state index contributed by atoms with van der Waals surface area (Å²) in [4.78, 5) is 1.39. The largest absolute Gasteiger partial charge is 0.416 e. The summed E-state index contributed by atoms with van der Waals surface area (Å²) in [5.41, 5.74) is -0.373. The summed E-state index contributed by atoms with van der Waals surface area (Å²) in [5.74, 6) is -2.75. The Labute approximate surface area is 94.8 Å². The van der Waals surface area contributed by atoms with Gasteiger partial charge in [0.15, 0.2) is 0 Å². The number of anilines is 1. The van der Waals surface area contributed by atoms with Gasteiger partial charge >= 0.3 is 6.18 Å². The fourth-order valence-corrected chi connectivity index (χ4v) is 1.82. The third-order valence-electron chi connectivity index (χ3n) is 2.73. The quantitative estimate of drug-likeness (QED) is 0.690. The van der Waals surface area contributed by atoms with Crippen LogP contribution < -0.4 is 4.90 Å². The van der Waals surface area contributed by atoms with Gasteiger partial charge in [-0.15, -0.1) is 0 Å². The van der Waals surface area contributed by atoms with Crippen molar-refractivity contribution in [3.05, 3.63) is 29.8 Å². The summed E-state index contributed by atoms with van der Waals surface area (Å²) < 4.78 is 62.7. The van der Waals surface area contributed by atoms with Gasteiger partial charge in [0.1, 0.15) is 0 Å². The van der Waals surface area contributed by atoms with Crippen molar-refractivity contribution in [3.8, 4) is 0 Å². The molecule has 6 heteroatoms. The summed E-state index contributed by atoms with van der Waals surface area (Å²) >= 11 is 0. The minimum absolute atomic E-state index is 0.165. The van der Waals surface area contributed by atoms with Crippen LogP contribution in [-0.2, 0) is 6.18 Å². The molecule has 2 rings (SSSR count). The number of hydrogen-bond donors (Lipinski definition) is 0. The van der Waals surface area contributed by atoms with Gasteiger partial charge in [-0.3, -0.25) is 0 Å². The molecule has 1 aromatic rings. The second-order valence-electron chi connectivity index (χ2n) is 4.07. The highest BCUT2D eigenvalue weighted by Crippen LogP contribution is 2.33. The van der Waals surface area contributed by atoms with Crippen molar-refractivity contribution in [1.29, 1.82) is 0 Å². The molecule has 1 aliphatic heterocycles. The molecule has 1 saturated heterocycles. The minimum Gasteiger partial charge on any atom is -0.365 e. The van der Waals surface area contributed by atoms with Gasteiger partial charge in [-0.2, -0.15) is 13.2 Å². The van der Waals surface area contributed by atoms with Crippen molar-refractivity contribution in [2.75, 3.05) is 18.0 Å². The summed E-state index contributed by atoms with van der Waals surface area (Å²) in [7, 11) is 0. The molecule has 0 radical (unpaired) electrons. The molecule has 0 amide bonds. The molecule has 0 aromatic heterocycles. The summed E-state index contributed by atoms with van der Waals surface area (Å²) in [6, 6.07) is 4.27. The molecule has 1 aromatic carbocycles. The number of rotatable bonds is 1. The average molecular weight is 251 g/mol. The van der Waals surface area contributed by atoms with Gasteiger partial charge in [0.05, 0.1) is 12.1 Å². The fraction of sp³-hybridized carbons (Fsp3) is 0.455. The van der Waals surface area contributed by atoms with Crippen molar-refractivity contribution in [2.24, 2.45) is 0 Å². The second-order valence-corrected chi connectivity index (χ2v) is 4.07. The third-order valence-corrected chi connectivity index (χ3v) is 2.73. The molecule has 1 aliphatic rings. The Morgan fingerprint density at radius 3 is 2.06 bits per heavy atom. The van der Waals surface area contributed by atoms with E-state index in [-0.39, 0.29) is 13.0 Å². The van der Waals surface area contributed by atoms with Crippen LogP contribution in [0.1, 0.15) is 12.0 Å². The zero-order chi connectivity index (χ0) is 12.7. The average Bonchev–Trinajstić information content (AvgIpc) is 2.58. The van der Waals surface area contributed by atoms with Crippen LogP contribution in [0, 0.1) is 0 Å². The zero-order valence-electron chi connectivity index (χ0n) is 8.77. The first-order valence-electron chi connectivity index (χ1n) is 5.08. The molecule has 0 N–H and O–H groups in total. The van der Waals surface area contributed by atoms with Gasteiger partial charge in [-0.25, -0.2) is 8.78 Å². The van der Waals surface area contributed by atoms with Crippen LogP contribution >= 0.6 is 0 Å². The Kier molecular flexibility index (Phi) is 2.75. The van der Waals surface area contributed by atoms with E-state index in [1.54, 1.807) is 0 Å². The molecule has 0 spiro atoms. The predicted molar refractivity (Wildman–Crippen MR) is 53.2 cm³/mol. The molecular weight excluding hydrogens is 241 g/mol. The van der Waals surface area contributed by atoms with Gasteiger partial charge < -0.3 is 4.90 Å². The minimum atomic E-state index is -4.40. The van der Waals surface area contributed by atoms with Crippen molar-refractivity contribution in [3.63, 3.8) is 0 Å². The number of nitrogens with zero attached hydrogens (tertiary/aromatic N) is 1. The van der Waals surface area contributed by atoms with Crippen molar-refractivity contribution in [1.82, 2.24) is 0 Å². The van der Waals surface area contributed by atoms with Gasteiger partial charge in [-0.05, 0) is 24.3 Å². The van der Waals surface area contributed by atoms with E-state index in [4.69, 9.17) is 0 Å². The summed E-state index contributed by atoms with van der Waals surface area (Å²) in [6.45, 7) is -0.267. The molecule has 0 atom stereocenters. The van der Waals surface area contributed by atoms with E-state index in [1.165, 1.54) is 17.0 Å². The molecular formula is C11H10F5N. The lowest BCUT2D eigenvalue weighted by molar-refractivity contribution is -0.137. The standard InChI is InChI=1S/C11H10F5N/c12-10(13)5-6-17(7-10)9-3-1-8(2-4-9)11(14,15)16/h1-4H,5-7H2. The topological polar surface area (TPSA) is 3.24 Å². The summed E-state index contributed by atoms with van der Waals surface area (Å²) in [5, 5.41) is 0. The molecule has 1 nitrogen and oxygen atoms in total. The Bertz CT molecular complexity index is 395. The van der Waals surface area contributed by atoms with Crippen LogP contribution in [0.2, 0.25) is 0 Å². The lowest BCUT2D eigenvalue weighted by Gasteiger charge is -2.18. The SMILES string of the molecule is FC1(F)CCN(c2ccc(C(F)(F)F)cc2)C1. The Balaban J connectivity index is 2.14. The maximum absolute atomic E-state index is 12.9. The Hall–Kier alpha value is -1.33. The molecule has 0 aliphatic carbocycles. The van der Waals surface area contributed by atoms with Crippen LogP contribution in [-0.4, -0.2) is 19.0 Å². The van der Waals surface area contributed by atoms with Gasteiger partial charge in [0, 0.05) is 18.7 Å². The summed E-state index contributed by atoms with van der Waals surface area (Å²) in [6.07, 6.45) is -4.65. The second kappa shape index (κ2) is 3.85. The first-order valence-corrected chi connectivity index (χ1v) is 5.08. The van der Waals surface area contributed by atoms with Crippen LogP contribution in [0.15, 0.2) is 24.3 Å². The van der Waals surface area contributed by atoms with Crippen molar-refractivity contribution >= 4 is 5.69 Å². The maximum Gasteiger partial charge on any atom is 0.416 e. The van der Waals surface area contributed by atoms with E-state index >= 15 is 0 Å². The van der Waals surface area contributed by atoms with Crippen LogP contribution in [0.25, 0.3) is 0 Å². The van der Waals surface area contributed by atoms with E-state index in [1.807, 2.05) is 0 Å². The highest BCUT2D eigenvalue weighted by Gasteiger charge is 2.38. The highest BCUT2D eigenvalue weighted by molar-refractivity contribution is 5.49. The molecule has 0 bridgehead atoms. The zero-order valence-corrected chi connectivity index (χ0v) is 8.77. The van der Waals surface area contributed by atoms with Gasteiger partial charge in [-0.1, -0.05) is 0 Å².